The van der Waals surface area contributed by atoms with Gasteiger partial charge in [0.2, 0.25) is 0 Å². The maximum Gasteiger partial charge on any atom is 0.0184 e. The number of thioether (sulfide) groups is 1. The standard InChI is InChI=1S/C22H38N2S/c1-2-17-24(22-13-7-4-8-14-22)18-9-15-23-16-10-19-25-20-21-11-5-3-6-12-21/h3,5-6,11-12,22-23H,2,4,7-10,13-20H2,1H3. The van der Waals surface area contributed by atoms with Crippen molar-refractivity contribution in [2.75, 3.05) is 31.9 Å². The van der Waals surface area contributed by atoms with E-state index in [4.69, 9.17) is 0 Å². The second-order valence-electron chi connectivity index (χ2n) is 7.32. The molecule has 25 heavy (non-hydrogen) atoms. The average molecular weight is 363 g/mol. The Morgan fingerprint density at radius 2 is 1.76 bits per heavy atom. The van der Waals surface area contributed by atoms with Gasteiger partial charge in [0.05, 0.1) is 0 Å². The summed E-state index contributed by atoms with van der Waals surface area (Å²) in [4.78, 5) is 2.77. The number of hydrogen-bond donors (Lipinski definition) is 1. The maximum atomic E-state index is 3.64. The van der Waals surface area contributed by atoms with Crippen molar-refractivity contribution in [3.63, 3.8) is 0 Å². The molecule has 0 heterocycles. The van der Waals surface area contributed by atoms with Gasteiger partial charge in [-0.3, -0.25) is 0 Å². The molecule has 0 saturated heterocycles. The summed E-state index contributed by atoms with van der Waals surface area (Å²) in [7, 11) is 0. The van der Waals surface area contributed by atoms with E-state index < -0.39 is 0 Å². The van der Waals surface area contributed by atoms with Crippen LogP contribution in [0.5, 0.6) is 0 Å². The van der Waals surface area contributed by atoms with E-state index in [1.54, 1.807) is 0 Å². The van der Waals surface area contributed by atoms with Crippen LogP contribution in [0, 0.1) is 0 Å². The Hall–Kier alpha value is -0.510. The molecule has 0 amide bonds. The maximum absolute atomic E-state index is 3.64. The molecule has 0 spiro atoms. The number of hydrogen-bond acceptors (Lipinski definition) is 3. The van der Waals surface area contributed by atoms with E-state index in [1.165, 1.54) is 88.9 Å². The van der Waals surface area contributed by atoms with Gasteiger partial charge >= 0.3 is 0 Å². The van der Waals surface area contributed by atoms with Crippen LogP contribution in [0.1, 0.15) is 63.9 Å². The molecule has 142 valence electrons. The van der Waals surface area contributed by atoms with Crippen molar-refractivity contribution in [3.8, 4) is 0 Å². The Kier molecular flexibility index (Phi) is 11.4. The van der Waals surface area contributed by atoms with E-state index in [0.29, 0.717) is 0 Å². The molecular weight excluding hydrogens is 324 g/mol. The quantitative estimate of drug-likeness (QED) is 0.477. The van der Waals surface area contributed by atoms with E-state index in [1.807, 2.05) is 0 Å². The lowest BCUT2D eigenvalue weighted by molar-refractivity contribution is 0.154. The summed E-state index contributed by atoms with van der Waals surface area (Å²) in [5.41, 5.74) is 1.44. The van der Waals surface area contributed by atoms with Crippen molar-refractivity contribution in [1.29, 1.82) is 0 Å². The number of nitrogens with zero attached hydrogens (tertiary/aromatic N) is 1. The summed E-state index contributed by atoms with van der Waals surface area (Å²) < 4.78 is 0. The van der Waals surface area contributed by atoms with Gasteiger partial charge in [-0.25, -0.2) is 0 Å². The summed E-state index contributed by atoms with van der Waals surface area (Å²) in [6.07, 6.45) is 11.1. The highest BCUT2D eigenvalue weighted by atomic mass is 32.2. The Morgan fingerprint density at radius 3 is 2.52 bits per heavy atom. The van der Waals surface area contributed by atoms with Crippen molar-refractivity contribution in [2.24, 2.45) is 0 Å². The molecule has 0 atom stereocenters. The molecular formula is C22H38N2S. The normalized spacial score (nSPS) is 15.8. The van der Waals surface area contributed by atoms with Crippen LogP contribution in [0.2, 0.25) is 0 Å². The minimum Gasteiger partial charge on any atom is -0.317 e. The predicted octanol–water partition coefficient (Wildman–Crippen LogP) is 5.33. The largest absolute Gasteiger partial charge is 0.317 e. The van der Waals surface area contributed by atoms with Gasteiger partial charge in [0.1, 0.15) is 0 Å². The fourth-order valence-electron chi connectivity index (χ4n) is 3.81. The van der Waals surface area contributed by atoms with Crippen LogP contribution in [-0.2, 0) is 5.75 Å². The molecule has 1 aromatic carbocycles. The van der Waals surface area contributed by atoms with Crippen molar-refractivity contribution in [2.45, 2.75) is 70.1 Å². The van der Waals surface area contributed by atoms with Crippen LogP contribution in [0.25, 0.3) is 0 Å². The van der Waals surface area contributed by atoms with Crippen molar-refractivity contribution in [3.05, 3.63) is 35.9 Å². The molecule has 1 N–H and O–H groups in total. The third-order valence-electron chi connectivity index (χ3n) is 5.15. The highest BCUT2D eigenvalue weighted by Crippen LogP contribution is 2.22. The van der Waals surface area contributed by atoms with Gasteiger partial charge in [-0.1, -0.05) is 56.5 Å². The zero-order valence-corrected chi connectivity index (χ0v) is 17.0. The van der Waals surface area contributed by atoms with Crippen molar-refractivity contribution >= 4 is 11.8 Å². The Balaban J connectivity index is 1.45. The third kappa shape index (κ3) is 9.12. The lowest BCUT2D eigenvalue weighted by Gasteiger charge is -2.34. The predicted molar refractivity (Wildman–Crippen MR) is 113 cm³/mol. The number of rotatable bonds is 13. The van der Waals surface area contributed by atoms with Crippen LogP contribution in [0.15, 0.2) is 30.3 Å². The molecule has 0 bridgehead atoms. The van der Waals surface area contributed by atoms with Crippen molar-refractivity contribution in [1.82, 2.24) is 10.2 Å². The van der Waals surface area contributed by atoms with Crippen LogP contribution >= 0.6 is 11.8 Å². The first-order chi connectivity index (χ1) is 12.4. The first-order valence-electron chi connectivity index (χ1n) is 10.5. The number of benzene rings is 1. The summed E-state index contributed by atoms with van der Waals surface area (Å²) in [5, 5.41) is 3.64. The minimum absolute atomic E-state index is 0.878. The highest BCUT2D eigenvalue weighted by Gasteiger charge is 2.19. The third-order valence-corrected chi connectivity index (χ3v) is 6.27. The summed E-state index contributed by atoms with van der Waals surface area (Å²) in [5.74, 6) is 2.40. The van der Waals surface area contributed by atoms with Gasteiger partial charge in [0.25, 0.3) is 0 Å². The van der Waals surface area contributed by atoms with Crippen LogP contribution in [0.4, 0.5) is 0 Å². The van der Waals surface area contributed by atoms with Gasteiger partial charge in [-0.05, 0) is 69.6 Å². The molecule has 0 aromatic heterocycles. The van der Waals surface area contributed by atoms with Gasteiger partial charge in [0, 0.05) is 11.8 Å². The average Bonchev–Trinajstić information content (AvgIpc) is 2.67. The minimum atomic E-state index is 0.878. The van der Waals surface area contributed by atoms with Gasteiger partial charge in [0.15, 0.2) is 0 Å². The number of nitrogens with one attached hydrogen (secondary N) is 1. The molecule has 2 rings (SSSR count). The van der Waals surface area contributed by atoms with Gasteiger partial charge in [-0.15, -0.1) is 0 Å². The van der Waals surface area contributed by atoms with Crippen molar-refractivity contribution < 1.29 is 0 Å². The van der Waals surface area contributed by atoms with E-state index in [-0.39, 0.29) is 0 Å². The first kappa shape index (κ1) is 20.8. The Labute approximate surface area is 160 Å². The molecule has 1 saturated carbocycles. The Morgan fingerprint density at radius 1 is 1.00 bits per heavy atom. The zero-order valence-electron chi connectivity index (χ0n) is 16.2. The van der Waals surface area contributed by atoms with E-state index in [0.717, 1.165) is 11.8 Å². The molecule has 3 heteroatoms. The Bertz CT molecular complexity index is 417. The smallest absolute Gasteiger partial charge is 0.0184 e. The summed E-state index contributed by atoms with van der Waals surface area (Å²) in [6.45, 7) is 7.24. The molecule has 0 aliphatic heterocycles. The molecule has 1 aliphatic rings. The lowest BCUT2D eigenvalue weighted by Crippen LogP contribution is -2.39. The molecule has 0 unspecified atom stereocenters. The SMILES string of the molecule is CCCN(CCCNCCCSCc1ccccc1)C1CCCCC1. The van der Waals surface area contributed by atoms with Gasteiger partial charge < -0.3 is 10.2 Å². The highest BCUT2D eigenvalue weighted by molar-refractivity contribution is 7.98. The van der Waals surface area contributed by atoms with Gasteiger partial charge in [-0.2, -0.15) is 11.8 Å². The summed E-state index contributed by atoms with van der Waals surface area (Å²) >= 11 is 2.05. The lowest BCUT2D eigenvalue weighted by atomic mass is 9.94. The van der Waals surface area contributed by atoms with Crippen LogP contribution in [0.3, 0.4) is 0 Å². The second-order valence-corrected chi connectivity index (χ2v) is 8.43. The second kappa shape index (κ2) is 13.7. The molecule has 0 radical (unpaired) electrons. The molecule has 1 fully saturated rings. The molecule has 2 nitrogen and oxygen atoms in total. The summed E-state index contributed by atoms with van der Waals surface area (Å²) in [6, 6.07) is 11.7. The van der Waals surface area contributed by atoms with E-state index >= 15 is 0 Å². The van der Waals surface area contributed by atoms with Crippen LogP contribution < -0.4 is 5.32 Å². The topological polar surface area (TPSA) is 15.3 Å². The fourth-order valence-corrected chi connectivity index (χ4v) is 4.73. The monoisotopic (exact) mass is 362 g/mol. The first-order valence-corrected chi connectivity index (χ1v) is 11.6. The fraction of sp³-hybridized carbons (Fsp3) is 0.727. The van der Waals surface area contributed by atoms with E-state index in [2.05, 4.69) is 59.2 Å². The zero-order chi connectivity index (χ0) is 17.6. The van der Waals surface area contributed by atoms with E-state index in [9.17, 15) is 0 Å². The van der Waals surface area contributed by atoms with Crippen LogP contribution in [-0.4, -0.2) is 42.9 Å². The molecule has 1 aromatic rings. The molecule has 1 aliphatic carbocycles.